The topological polar surface area (TPSA) is 12.4 Å². The minimum Gasteiger partial charge on any atom is -0.272 e. The van der Waals surface area contributed by atoms with Crippen LogP contribution in [0.2, 0.25) is 0 Å². The van der Waals surface area contributed by atoms with Gasteiger partial charge in [-0.15, -0.1) is 0 Å². The maximum Gasteiger partial charge on any atom is 0.0266 e. The van der Waals surface area contributed by atoms with E-state index in [2.05, 4.69) is 62.8 Å². The van der Waals surface area contributed by atoms with Crippen LogP contribution in [0.3, 0.4) is 0 Å². The Labute approximate surface area is 97.2 Å². The fraction of sp³-hybridized carbons (Fsp3) is 0.267. The number of rotatable bonds is 2. The lowest BCUT2D eigenvalue weighted by Crippen LogP contribution is -2.15. The molecular weight excluding hydrogens is 194 g/mol. The van der Waals surface area contributed by atoms with Crippen LogP contribution in [-0.4, -0.2) is 6.72 Å². The standard InChI is InChI=1S/C15H17N/c1-11-12(9-10-16-4)13-7-5-6-8-14(13)15(11,2)3/h5-10H,4H2,1-3H3/b10-9-. The van der Waals surface area contributed by atoms with E-state index in [1.807, 2.05) is 0 Å². The highest BCUT2D eigenvalue weighted by molar-refractivity contribution is 5.85. The van der Waals surface area contributed by atoms with Crippen LogP contribution in [0, 0.1) is 0 Å². The molecule has 0 aromatic heterocycles. The van der Waals surface area contributed by atoms with Crippen molar-refractivity contribution in [2.45, 2.75) is 26.2 Å². The van der Waals surface area contributed by atoms with Gasteiger partial charge in [0.15, 0.2) is 0 Å². The fourth-order valence-electron chi connectivity index (χ4n) is 2.35. The first-order valence-corrected chi connectivity index (χ1v) is 5.52. The number of benzene rings is 1. The SMILES string of the molecule is C=N/C=C\C1=C(C)C(C)(C)c2ccccc21. The van der Waals surface area contributed by atoms with Crippen LogP contribution in [0.25, 0.3) is 5.57 Å². The second kappa shape index (κ2) is 3.75. The molecule has 1 heteroatoms. The molecule has 0 atom stereocenters. The predicted molar refractivity (Wildman–Crippen MR) is 70.8 cm³/mol. The molecule has 0 saturated carbocycles. The highest BCUT2D eigenvalue weighted by Gasteiger charge is 2.33. The molecule has 0 fully saturated rings. The van der Waals surface area contributed by atoms with E-state index in [1.165, 1.54) is 22.3 Å². The van der Waals surface area contributed by atoms with Gasteiger partial charge >= 0.3 is 0 Å². The number of hydrogen-bond donors (Lipinski definition) is 0. The molecular formula is C15H17N. The van der Waals surface area contributed by atoms with E-state index in [0.29, 0.717) is 0 Å². The van der Waals surface area contributed by atoms with Gasteiger partial charge in [-0.2, -0.15) is 0 Å². The van der Waals surface area contributed by atoms with Crippen LogP contribution in [0.1, 0.15) is 31.9 Å². The van der Waals surface area contributed by atoms with Gasteiger partial charge in [0, 0.05) is 11.6 Å². The minimum absolute atomic E-state index is 0.122. The zero-order valence-corrected chi connectivity index (χ0v) is 10.1. The van der Waals surface area contributed by atoms with Crippen LogP contribution < -0.4 is 0 Å². The van der Waals surface area contributed by atoms with E-state index >= 15 is 0 Å². The van der Waals surface area contributed by atoms with E-state index in [1.54, 1.807) is 6.20 Å². The van der Waals surface area contributed by atoms with Gasteiger partial charge in [-0.3, -0.25) is 4.99 Å². The molecule has 0 heterocycles. The fourth-order valence-corrected chi connectivity index (χ4v) is 2.35. The van der Waals surface area contributed by atoms with Gasteiger partial charge in [0.2, 0.25) is 0 Å². The average Bonchev–Trinajstić information content (AvgIpc) is 2.47. The highest BCUT2D eigenvalue weighted by atomic mass is 14.6. The summed E-state index contributed by atoms with van der Waals surface area (Å²) in [5.41, 5.74) is 5.53. The molecule has 0 unspecified atom stereocenters. The Morgan fingerprint density at radius 1 is 1.25 bits per heavy atom. The summed E-state index contributed by atoms with van der Waals surface area (Å²) >= 11 is 0. The molecule has 0 N–H and O–H groups in total. The Morgan fingerprint density at radius 2 is 1.94 bits per heavy atom. The smallest absolute Gasteiger partial charge is 0.0266 e. The molecule has 1 aromatic carbocycles. The molecule has 2 rings (SSSR count). The minimum atomic E-state index is 0.122. The third-order valence-electron chi connectivity index (χ3n) is 3.58. The number of fused-ring (bicyclic) bond motifs is 1. The first-order chi connectivity index (χ1) is 7.59. The largest absolute Gasteiger partial charge is 0.272 e. The van der Waals surface area contributed by atoms with Crippen LogP contribution in [0.15, 0.2) is 47.1 Å². The van der Waals surface area contributed by atoms with E-state index < -0.39 is 0 Å². The van der Waals surface area contributed by atoms with Gasteiger partial charge < -0.3 is 0 Å². The zero-order valence-electron chi connectivity index (χ0n) is 10.1. The van der Waals surface area contributed by atoms with Crippen LogP contribution >= 0.6 is 0 Å². The van der Waals surface area contributed by atoms with Crippen molar-refractivity contribution in [1.82, 2.24) is 0 Å². The Hall–Kier alpha value is -1.63. The number of allylic oxidation sites excluding steroid dienone is 3. The van der Waals surface area contributed by atoms with Crippen LogP contribution in [0.4, 0.5) is 0 Å². The predicted octanol–water partition coefficient (Wildman–Crippen LogP) is 3.97. The van der Waals surface area contributed by atoms with E-state index in [9.17, 15) is 0 Å². The summed E-state index contributed by atoms with van der Waals surface area (Å²) in [6.45, 7) is 10.2. The maximum atomic E-state index is 3.79. The number of hydrogen-bond acceptors (Lipinski definition) is 1. The molecule has 16 heavy (non-hydrogen) atoms. The van der Waals surface area contributed by atoms with Crippen molar-refractivity contribution in [3.8, 4) is 0 Å². The lowest BCUT2D eigenvalue weighted by molar-refractivity contribution is 0.639. The highest BCUT2D eigenvalue weighted by Crippen LogP contribution is 2.46. The summed E-state index contributed by atoms with van der Waals surface area (Å²) in [6, 6.07) is 8.58. The van der Waals surface area contributed by atoms with Crippen molar-refractivity contribution in [2.24, 2.45) is 4.99 Å². The van der Waals surface area contributed by atoms with Gasteiger partial charge in [0.05, 0.1) is 0 Å². The molecule has 0 aliphatic heterocycles. The van der Waals surface area contributed by atoms with E-state index in [0.717, 1.165) is 0 Å². The lowest BCUT2D eigenvalue weighted by Gasteiger charge is -2.21. The average molecular weight is 211 g/mol. The van der Waals surface area contributed by atoms with Crippen molar-refractivity contribution >= 4 is 12.3 Å². The normalized spacial score (nSPS) is 17.9. The molecule has 0 saturated heterocycles. The Kier molecular flexibility index (Phi) is 2.55. The molecule has 0 amide bonds. The van der Waals surface area contributed by atoms with Gasteiger partial charge in [0.1, 0.15) is 0 Å². The summed E-state index contributed by atoms with van der Waals surface area (Å²) in [5.74, 6) is 0. The third-order valence-corrected chi connectivity index (χ3v) is 3.58. The van der Waals surface area contributed by atoms with Gasteiger partial charge in [-0.25, -0.2) is 0 Å². The molecule has 1 aliphatic rings. The Balaban J connectivity index is 2.64. The monoisotopic (exact) mass is 211 g/mol. The summed E-state index contributed by atoms with van der Waals surface area (Å²) in [7, 11) is 0. The van der Waals surface area contributed by atoms with Crippen molar-refractivity contribution in [3.05, 3.63) is 53.2 Å². The molecule has 0 bridgehead atoms. The first kappa shape index (κ1) is 10.9. The molecule has 0 radical (unpaired) electrons. The lowest BCUT2D eigenvalue weighted by atomic mass is 9.82. The van der Waals surface area contributed by atoms with Gasteiger partial charge in [-0.05, 0) is 36.4 Å². The number of nitrogens with zero attached hydrogens (tertiary/aromatic N) is 1. The molecule has 1 aromatic rings. The Bertz CT molecular complexity index is 490. The third kappa shape index (κ3) is 1.44. The summed E-state index contributed by atoms with van der Waals surface area (Å²) in [4.78, 5) is 3.79. The number of aliphatic imine (C=N–C) groups is 1. The van der Waals surface area contributed by atoms with Gasteiger partial charge in [0.25, 0.3) is 0 Å². The van der Waals surface area contributed by atoms with Crippen molar-refractivity contribution < 1.29 is 0 Å². The second-order valence-electron chi connectivity index (χ2n) is 4.71. The second-order valence-corrected chi connectivity index (χ2v) is 4.71. The van der Waals surface area contributed by atoms with Crippen molar-refractivity contribution in [2.75, 3.05) is 0 Å². The van der Waals surface area contributed by atoms with E-state index in [4.69, 9.17) is 0 Å². The molecule has 1 aliphatic carbocycles. The van der Waals surface area contributed by atoms with Crippen molar-refractivity contribution in [1.29, 1.82) is 0 Å². The maximum absolute atomic E-state index is 3.79. The summed E-state index contributed by atoms with van der Waals surface area (Å²) < 4.78 is 0. The van der Waals surface area contributed by atoms with Crippen LogP contribution in [0.5, 0.6) is 0 Å². The van der Waals surface area contributed by atoms with Crippen molar-refractivity contribution in [3.63, 3.8) is 0 Å². The van der Waals surface area contributed by atoms with Gasteiger partial charge in [-0.1, -0.05) is 43.7 Å². The Morgan fingerprint density at radius 3 is 2.62 bits per heavy atom. The molecule has 82 valence electrons. The quantitative estimate of drug-likeness (QED) is 0.656. The summed E-state index contributed by atoms with van der Waals surface area (Å²) in [5, 5.41) is 0. The van der Waals surface area contributed by atoms with Crippen LogP contribution in [-0.2, 0) is 5.41 Å². The van der Waals surface area contributed by atoms with E-state index in [-0.39, 0.29) is 5.41 Å². The molecule has 0 spiro atoms. The zero-order chi connectivity index (χ0) is 11.8. The molecule has 1 nitrogen and oxygen atoms in total. The first-order valence-electron chi connectivity index (χ1n) is 5.52. The summed E-state index contributed by atoms with van der Waals surface area (Å²) in [6.07, 6.45) is 3.81.